The normalized spacial score (nSPS) is 17.4. The zero-order chi connectivity index (χ0) is 14.5. The van der Waals surface area contributed by atoms with E-state index >= 15 is 0 Å². The van der Waals surface area contributed by atoms with Crippen molar-refractivity contribution in [3.63, 3.8) is 0 Å². The Hall–Kier alpha value is -1.34. The van der Waals surface area contributed by atoms with Crippen LogP contribution in [0.25, 0.3) is 0 Å². The largest absolute Gasteiger partial charge is 0.348 e. The third kappa shape index (κ3) is 4.35. The second-order valence-corrected chi connectivity index (χ2v) is 5.05. The average Bonchev–Trinajstić information content (AvgIpc) is 2.40. The first-order valence-corrected chi connectivity index (χ1v) is 6.71. The zero-order valence-corrected chi connectivity index (χ0v) is 11.5. The number of alkyl halides is 2. The summed E-state index contributed by atoms with van der Waals surface area (Å²) >= 11 is 5.67. The lowest BCUT2D eigenvalue weighted by Gasteiger charge is -2.31. The van der Waals surface area contributed by atoms with Crippen molar-refractivity contribution in [3.8, 4) is 0 Å². The van der Waals surface area contributed by atoms with Gasteiger partial charge >= 0.3 is 0 Å². The van der Waals surface area contributed by atoms with Gasteiger partial charge in [-0.15, -0.1) is 0 Å². The lowest BCUT2D eigenvalue weighted by Crippen LogP contribution is -2.45. The number of aromatic nitrogens is 2. The molecule has 1 fully saturated rings. The number of rotatable bonds is 4. The molecule has 1 aromatic heterocycles. The molecule has 0 aromatic carbocycles. The van der Waals surface area contributed by atoms with E-state index in [0.29, 0.717) is 25.9 Å². The number of halogens is 3. The highest BCUT2D eigenvalue weighted by Gasteiger charge is 2.23. The van der Waals surface area contributed by atoms with Gasteiger partial charge in [0.15, 0.2) is 0 Å². The number of piperidine rings is 1. The summed E-state index contributed by atoms with van der Waals surface area (Å²) in [6.07, 6.45) is 1.66. The summed E-state index contributed by atoms with van der Waals surface area (Å²) in [4.78, 5) is 21.3. The van der Waals surface area contributed by atoms with Crippen LogP contribution in [0.4, 0.5) is 8.78 Å². The molecule has 0 spiro atoms. The Morgan fingerprint density at radius 3 is 2.75 bits per heavy atom. The molecule has 1 aromatic rings. The highest BCUT2D eigenvalue weighted by molar-refractivity contribution is 6.29. The van der Waals surface area contributed by atoms with Crippen LogP contribution in [0.1, 0.15) is 23.3 Å². The van der Waals surface area contributed by atoms with Crippen LogP contribution in [0.2, 0.25) is 5.15 Å². The summed E-state index contributed by atoms with van der Waals surface area (Å²) in [7, 11) is 0. The summed E-state index contributed by atoms with van der Waals surface area (Å²) in [6.45, 7) is 0.896. The summed E-state index contributed by atoms with van der Waals surface area (Å²) < 4.78 is 24.5. The molecule has 2 heterocycles. The molecule has 1 N–H and O–H groups in total. The van der Waals surface area contributed by atoms with E-state index in [9.17, 15) is 13.6 Å². The second-order valence-electron chi connectivity index (χ2n) is 4.67. The van der Waals surface area contributed by atoms with Crippen molar-refractivity contribution < 1.29 is 13.6 Å². The van der Waals surface area contributed by atoms with Crippen LogP contribution >= 0.6 is 11.6 Å². The Morgan fingerprint density at radius 1 is 1.45 bits per heavy atom. The summed E-state index contributed by atoms with van der Waals surface area (Å²) in [5, 5.41) is 2.98. The van der Waals surface area contributed by atoms with Crippen molar-refractivity contribution in [2.45, 2.75) is 25.3 Å². The standard InChI is InChI=1S/C12H15ClF2N4O/c13-10-6-16-5-9(18-10)12(20)17-8-1-3-19(4-2-8)7-11(14)15/h5-6,8,11H,1-4,7H2,(H,17,20). The molecule has 8 heteroatoms. The minimum absolute atomic E-state index is 0.0304. The Kier molecular flexibility index (Phi) is 5.19. The van der Waals surface area contributed by atoms with Crippen LogP contribution in [-0.2, 0) is 0 Å². The molecule has 0 saturated carbocycles. The second kappa shape index (κ2) is 6.90. The number of likely N-dealkylation sites (tertiary alicyclic amines) is 1. The van der Waals surface area contributed by atoms with Crippen LogP contribution in [0, 0.1) is 0 Å². The van der Waals surface area contributed by atoms with Crippen LogP contribution in [0.15, 0.2) is 12.4 Å². The van der Waals surface area contributed by atoms with E-state index in [1.165, 1.54) is 12.4 Å². The summed E-state index contributed by atoms with van der Waals surface area (Å²) in [5.74, 6) is -0.340. The van der Waals surface area contributed by atoms with Gasteiger partial charge in [-0.3, -0.25) is 14.7 Å². The fourth-order valence-electron chi connectivity index (χ4n) is 2.17. The topological polar surface area (TPSA) is 58.1 Å². The Labute approximate surface area is 120 Å². The number of carbonyl (C=O) groups excluding carboxylic acids is 1. The van der Waals surface area contributed by atoms with Crippen molar-refractivity contribution in [1.82, 2.24) is 20.2 Å². The van der Waals surface area contributed by atoms with Crippen LogP contribution in [0.3, 0.4) is 0 Å². The fraction of sp³-hybridized carbons (Fsp3) is 0.583. The van der Waals surface area contributed by atoms with E-state index in [1.807, 2.05) is 0 Å². The predicted octanol–water partition coefficient (Wildman–Crippen LogP) is 1.59. The van der Waals surface area contributed by atoms with Crippen LogP contribution in [0.5, 0.6) is 0 Å². The summed E-state index contributed by atoms with van der Waals surface area (Å²) in [6, 6.07) is -0.0304. The third-order valence-electron chi connectivity index (χ3n) is 3.16. The van der Waals surface area contributed by atoms with E-state index in [0.717, 1.165) is 0 Å². The minimum atomic E-state index is -2.32. The lowest BCUT2D eigenvalue weighted by molar-refractivity contribution is 0.0695. The van der Waals surface area contributed by atoms with E-state index < -0.39 is 6.43 Å². The molecule has 0 unspecified atom stereocenters. The zero-order valence-electron chi connectivity index (χ0n) is 10.7. The van der Waals surface area contributed by atoms with E-state index in [4.69, 9.17) is 11.6 Å². The van der Waals surface area contributed by atoms with Crippen LogP contribution in [-0.4, -0.2) is 52.9 Å². The highest BCUT2D eigenvalue weighted by atomic mass is 35.5. The van der Waals surface area contributed by atoms with Crippen molar-refractivity contribution in [2.75, 3.05) is 19.6 Å². The highest BCUT2D eigenvalue weighted by Crippen LogP contribution is 2.12. The molecule has 2 rings (SSSR count). The monoisotopic (exact) mass is 304 g/mol. The average molecular weight is 305 g/mol. The molecular weight excluding hydrogens is 290 g/mol. The number of amides is 1. The Balaban J connectivity index is 1.82. The molecule has 110 valence electrons. The van der Waals surface area contributed by atoms with Gasteiger partial charge < -0.3 is 5.32 Å². The molecule has 20 heavy (non-hydrogen) atoms. The summed E-state index contributed by atoms with van der Waals surface area (Å²) in [5.41, 5.74) is 0.160. The molecule has 1 amide bonds. The van der Waals surface area contributed by atoms with Gasteiger partial charge in [0.05, 0.1) is 18.9 Å². The molecule has 0 radical (unpaired) electrons. The maximum atomic E-state index is 12.2. The maximum absolute atomic E-state index is 12.2. The molecule has 5 nitrogen and oxygen atoms in total. The van der Waals surface area contributed by atoms with Gasteiger partial charge in [-0.2, -0.15) is 0 Å². The molecule has 0 atom stereocenters. The number of carbonyl (C=O) groups is 1. The molecule has 0 bridgehead atoms. The first-order valence-electron chi connectivity index (χ1n) is 6.33. The van der Waals surface area contributed by atoms with E-state index in [-0.39, 0.29) is 29.3 Å². The predicted molar refractivity (Wildman–Crippen MR) is 70.0 cm³/mol. The smallest absolute Gasteiger partial charge is 0.271 e. The SMILES string of the molecule is O=C(NC1CCN(CC(F)F)CC1)c1cncc(Cl)n1. The van der Waals surface area contributed by atoms with Gasteiger partial charge in [-0.25, -0.2) is 13.8 Å². The molecule has 1 aliphatic rings. The van der Waals surface area contributed by atoms with Gasteiger partial charge in [-0.05, 0) is 12.8 Å². The fourth-order valence-corrected chi connectivity index (χ4v) is 2.31. The van der Waals surface area contributed by atoms with Crippen molar-refractivity contribution in [3.05, 3.63) is 23.2 Å². The van der Waals surface area contributed by atoms with Gasteiger partial charge in [0.2, 0.25) is 0 Å². The third-order valence-corrected chi connectivity index (χ3v) is 3.34. The van der Waals surface area contributed by atoms with Crippen LogP contribution < -0.4 is 5.32 Å². The van der Waals surface area contributed by atoms with Gasteiger partial charge in [-0.1, -0.05) is 11.6 Å². The lowest BCUT2D eigenvalue weighted by atomic mass is 10.0. The molecule has 1 saturated heterocycles. The van der Waals surface area contributed by atoms with Gasteiger partial charge in [0.1, 0.15) is 10.8 Å². The van der Waals surface area contributed by atoms with Gasteiger partial charge in [0.25, 0.3) is 12.3 Å². The van der Waals surface area contributed by atoms with E-state index in [1.54, 1.807) is 4.90 Å². The Morgan fingerprint density at radius 2 is 2.15 bits per heavy atom. The number of hydrogen-bond donors (Lipinski definition) is 1. The number of hydrogen-bond acceptors (Lipinski definition) is 4. The van der Waals surface area contributed by atoms with Crippen molar-refractivity contribution >= 4 is 17.5 Å². The Bertz CT molecular complexity index is 467. The molecule has 1 aliphatic heterocycles. The van der Waals surface area contributed by atoms with Gasteiger partial charge in [0, 0.05) is 19.1 Å². The van der Waals surface area contributed by atoms with Crippen molar-refractivity contribution in [2.24, 2.45) is 0 Å². The first kappa shape index (κ1) is 15.1. The minimum Gasteiger partial charge on any atom is -0.348 e. The molecule has 0 aliphatic carbocycles. The maximum Gasteiger partial charge on any atom is 0.271 e. The van der Waals surface area contributed by atoms with E-state index in [2.05, 4.69) is 15.3 Å². The number of nitrogens with one attached hydrogen (secondary N) is 1. The quantitative estimate of drug-likeness (QED) is 0.918. The first-order chi connectivity index (χ1) is 9.54. The molecular formula is C12H15ClF2N4O. The van der Waals surface area contributed by atoms with Crippen molar-refractivity contribution in [1.29, 1.82) is 0 Å². The number of nitrogens with zero attached hydrogens (tertiary/aromatic N) is 3.